The third kappa shape index (κ3) is 1.70. The molecule has 4 heteroatoms. The van der Waals surface area contributed by atoms with Gasteiger partial charge in [0.25, 0.3) is 0 Å². The van der Waals surface area contributed by atoms with Gasteiger partial charge < -0.3 is 10.6 Å². The fourth-order valence-corrected chi connectivity index (χ4v) is 2.64. The second-order valence-electron chi connectivity index (χ2n) is 4.56. The van der Waals surface area contributed by atoms with Crippen molar-refractivity contribution in [2.75, 3.05) is 26.2 Å². The van der Waals surface area contributed by atoms with Crippen LogP contribution in [0.4, 0.5) is 8.78 Å². The first-order valence-corrected chi connectivity index (χ1v) is 4.86. The molecule has 1 saturated heterocycles. The highest BCUT2D eigenvalue weighted by Crippen LogP contribution is 2.56. The van der Waals surface area contributed by atoms with E-state index in [0.717, 1.165) is 26.1 Å². The molecular formula is C9H16F2N2. The maximum absolute atomic E-state index is 12.6. The van der Waals surface area contributed by atoms with E-state index in [0.29, 0.717) is 6.54 Å². The van der Waals surface area contributed by atoms with E-state index in [9.17, 15) is 8.78 Å². The van der Waals surface area contributed by atoms with E-state index in [4.69, 9.17) is 5.73 Å². The van der Waals surface area contributed by atoms with Gasteiger partial charge in [-0.05, 0) is 19.5 Å². The second kappa shape index (κ2) is 2.89. The molecule has 1 heterocycles. The van der Waals surface area contributed by atoms with Crippen LogP contribution in [-0.4, -0.2) is 37.0 Å². The number of hydrogen-bond donors (Lipinski definition) is 1. The third-order valence-corrected chi connectivity index (χ3v) is 3.06. The fourth-order valence-electron chi connectivity index (χ4n) is 2.64. The van der Waals surface area contributed by atoms with Crippen molar-refractivity contribution in [1.29, 1.82) is 0 Å². The quantitative estimate of drug-likeness (QED) is 0.721. The molecule has 1 aliphatic heterocycles. The molecule has 2 nitrogen and oxygen atoms in total. The minimum absolute atomic E-state index is 0.0158. The largest absolute Gasteiger partial charge is 0.330 e. The summed E-state index contributed by atoms with van der Waals surface area (Å²) in [6.07, 6.45) is 1.20. The van der Waals surface area contributed by atoms with Crippen molar-refractivity contribution < 1.29 is 8.78 Å². The van der Waals surface area contributed by atoms with Crippen LogP contribution < -0.4 is 5.73 Å². The summed E-state index contributed by atoms with van der Waals surface area (Å²) in [7, 11) is 0. The molecule has 0 bridgehead atoms. The SMILES string of the molecule is NCCCN1CC2(C1)CC(F)(F)C2. The molecule has 13 heavy (non-hydrogen) atoms. The number of rotatable bonds is 3. The Kier molecular flexibility index (Phi) is 2.07. The summed E-state index contributed by atoms with van der Waals surface area (Å²) < 4.78 is 25.2. The summed E-state index contributed by atoms with van der Waals surface area (Å²) in [4.78, 5) is 2.22. The Balaban J connectivity index is 1.68. The molecule has 1 aliphatic carbocycles. The van der Waals surface area contributed by atoms with Gasteiger partial charge in [-0.2, -0.15) is 0 Å². The average Bonchev–Trinajstić information content (AvgIpc) is 1.91. The highest BCUT2D eigenvalue weighted by molar-refractivity contribution is 5.07. The highest BCUT2D eigenvalue weighted by Gasteiger charge is 2.61. The minimum Gasteiger partial charge on any atom is -0.330 e. The summed E-state index contributed by atoms with van der Waals surface area (Å²) in [6, 6.07) is 0. The topological polar surface area (TPSA) is 29.3 Å². The maximum atomic E-state index is 12.6. The lowest BCUT2D eigenvalue weighted by Gasteiger charge is -2.58. The molecular weight excluding hydrogens is 174 g/mol. The van der Waals surface area contributed by atoms with Gasteiger partial charge in [-0.1, -0.05) is 0 Å². The smallest absolute Gasteiger partial charge is 0.249 e. The fraction of sp³-hybridized carbons (Fsp3) is 1.00. The Hall–Kier alpha value is -0.220. The van der Waals surface area contributed by atoms with Crippen LogP contribution in [0.15, 0.2) is 0 Å². The lowest BCUT2D eigenvalue weighted by atomic mass is 9.61. The molecule has 1 saturated carbocycles. The standard InChI is InChI=1S/C9H16F2N2/c10-9(11)4-8(5-9)6-13(7-8)3-1-2-12/h1-7,12H2. The zero-order valence-electron chi connectivity index (χ0n) is 7.73. The van der Waals surface area contributed by atoms with Crippen molar-refractivity contribution in [3.63, 3.8) is 0 Å². The number of hydrogen-bond acceptors (Lipinski definition) is 2. The van der Waals surface area contributed by atoms with Gasteiger partial charge in [0.2, 0.25) is 5.92 Å². The lowest BCUT2D eigenvalue weighted by molar-refractivity contribution is -0.213. The van der Waals surface area contributed by atoms with Crippen molar-refractivity contribution >= 4 is 0 Å². The summed E-state index contributed by atoms with van der Waals surface area (Å²) in [6.45, 7) is 3.40. The number of halogens is 2. The molecule has 1 spiro atoms. The van der Waals surface area contributed by atoms with Gasteiger partial charge in [0.15, 0.2) is 0 Å². The second-order valence-corrected chi connectivity index (χ2v) is 4.56. The van der Waals surface area contributed by atoms with E-state index in [1.165, 1.54) is 0 Å². The van der Waals surface area contributed by atoms with Crippen LogP contribution in [0.5, 0.6) is 0 Å². The Bertz CT molecular complexity index is 190. The molecule has 0 aromatic rings. The number of likely N-dealkylation sites (tertiary alicyclic amines) is 1. The van der Waals surface area contributed by atoms with Crippen LogP contribution in [-0.2, 0) is 0 Å². The Morgan fingerprint density at radius 2 is 1.85 bits per heavy atom. The first-order chi connectivity index (χ1) is 6.05. The third-order valence-electron chi connectivity index (χ3n) is 3.06. The van der Waals surface area contributed by atoms with Gasteiger partial charge in [-0.25, -0.2) is 8.78 Å². The minimum atomic E-state index is -2.36. The molecule has 2 rings (SSSR count). The molecule has 76 valence electrons. The summed E-state index contributed by atoms with van der Waals surface area (Å²) in [5, 5.41) is 0. The van der Waals surface area contributed by atoms with E-state index in [1.807, 2.05) is 0 Å². The van der Waals surface area contributed by atoms with Crippen molar-refractivity contribution in [2.45, 2.75) is 25.2 Å². The maximum Gasteiger partial charge on any atom is 0.249 e. The highest BCUT2D eigenvalue weighted by atomic mass is 19.3. The average molecular weight is 190 g/mol. The molecule has 2 aliphatic rings. The Morgan fingerprint density at radius 1 is 1.23 bits per heavy atom. The lowest BCUT2D eigenvalue weighted by Crippen LogP contribution is -2.65. The van der Waals surface area contributed by atoms with Gasteiger partial charge in [0.1, 0.15) is 0 Å². The van der Waals surface area contributed by atoms with Gasteiger partial charge >= 0.3 is 0 Å². The van der Waals surface area contributed by atoms with Gasteiger partial charge in [-0.15, -0.1) is 0 Å². The molecule has 0 radical (unpaired) electrons. The predicted octanol–water partition coefficient (Wildman–Crippen LogP) is 1.07. The van der Waals surface area contributed by atoms with Crippen LogP contribution in [0.2, 0.25) is 0 Å². The van der Waals surface area contributed by atoms with E-state index in [2.05, 4.69) is 4.90 Å². The van der Waals surface area contributed by atoms with E-state index in [-0.39, 0.29) is 18.3 Å². The number of nitrogens with zero attached hydrogens (tertiary/aromatic N) is 1. The van der Waals surface area contributed by atoms with Crippen LogP contribution in [0, 0.1) is 5.41 Å². The monoisotopic (exact) mass is 190 g/mol. The van der Waals surface area contributed by atoms with E-state index >= 15 is 0 Å². The molecule has 2 N–H and O–H groups in total. The molecule has 0 aromatic carbocycles. The zero-order chi connectivity index (χ0) is 9.53. The molecule has 0 atom stereocenters. The first-order valence-electron chi connectivity index (χ1n) is 4.86. The number of nitrogens with two attached hydrogens (primary N) is 1. The number of alkyl halides is 2. The summed E-state index contributed by atoms with van der Waals surface area (Å²) in [5.41, 5.74) is 5.35. The van der Waals surface area contributed by atoms with Crippen molar-refractivity contribution in [3.05, 3.63) is 0 Å². The molecule has 2 fully saturated rings. The van der Waals surface area contributed by atoms with Gasteiger partial charge in [0, 0.05) is 31.3 Å². The molecule has 0 aromatic heterocycles. The Morgan fingerprint density at radius 3 is 2.31 bits per heavy atom. The van der Waals surface area contributed by atoms with Crippen molar-refractivity contribution in [3.8, 4) is 0 Å². The van der Waals surface area contributed by atoms with E-state index in [1.54, 1.807) is 0 Å². The first kappa shape index (κ1) is 9.34. The normalized spacial score (nSPS) is 29.8. The zero-order valence-corrected chi connectivity index (χ0v) is 7.73. The van der Waals surface area contributed by atoms with Gasteiger partial charge in [-0.3, -0.25) is 0 Å². The van der Waals surface area contributed by atoms with Gasteiger partial charge in [0.05, 0.1) is 0 Å². The van der Waals surface area contributed by atoms with Crippen molar-refractivity contribution in [2.24, 2.45) is 11.1 Å². The summed E-state index contributed by atoms with van der Waals surface area (Å²) >= 11 is 0. The Labute approximate surface area is 77.1 Å². The molecule has 0 unspecified atom stereocenters. The predicted molar refractivity (Wildman–Crippen MR) is 46.7 cm³/mol. The van der Waals surface area contributed by atoms with E-state index < -0.39 is 5.92 Å². The van der Waals surface area contributed by atoms with Crippen LogP contribution >= 0.6 is 0 Å². The summed E-state index contributed by atoms with van der Waals surface area (Å²) in [5.74, 6) is -2.36. The van der Waals surface area contributed by atoms with Crippen LogP contribution in [0.3, 0.4) is 0 Å². The van der Waals surface area contributed by atoms with Crippen LogP contribution in [0.1, 0.15) is 19.3 Å². The van der Waals surface area contributed by atoms with Crippen LogP contribution in [0.25, 0.3) is 0 Å². The molecule has 0 amide bonds. The van der Waals surface area contributed by atoms with Crippen molar-refractivity contribution in [1.82, 2.24) is 4.90 Å².